The Hall–Kier alpha value is -4.56. The number of aromatic nitrogens is 3. The van der Waals surface area contributed by atoms with Crippen LogP contribution in [0.5, 0.6) is 0 Å². The number of anilines is 4. The maximum absolute atomic E-state index is 12.7. The number of carboxylic acid groups (broad SMARTS) is 1. The summed E-state index contributed by atoms with van der Waals surface area (Å²) < 4.78 is 0. The average Bonchev–Trinajstić information content (AvgIpc) is 2.85. The average molecular weight is 458 g/mol. The first-order valence-corrected chi connectivity index (χ1v) is 10.6. The van der Waals surface area contributed by atoms with E-state index in [4.69, 9.17) is 5.26 Å². The SMILES string of the molecule is N#Cc1cnc(Nc2cc(N[C@H]3CCN[C@H](C(=O)Nc4ccccc4)C3)c(C(=O)O)cn2)cn1. The Labute approximate surface area is 195 Å². The highest BCUT2D eigenvalue weighted by Gasteiger charge is 2.28. The minimum atomic E-state index is -1.12. The van der Waals surface area contributed by atoms with Gasteiger partial charge in [0.05, 0.1) is 24.1 Å². The maximum atomic E-state index is 12.7. The van der Waals surface area contributed by atoms with Crippen LogP contribution in [0.4, 0.5) is 23.0 Å². The molecule has 3 aromatic rings. The molecule has 11 heteroatoms. The maximum Gasteiger partial charge on any atom is 0.339 e. The number of benzene rings is 1. The number of carbonyl (C=O) groups excluding carboxylic acids is 1. The Kier molecular flexibility index (Phi) is 6.90. The van der Waals surface area contributed by atoms with Crippen LogP contribution in [0.1, 0.15) is 28.9 Å². The molecule has 1 fully saturated rings. The van der Waals surface area contributed by atoms with E-state index in [0.717, 1.165) is 0 Å². The van der Waals surface area contributed by atoms with Crippen LogP contribution in [0.15, 0.2) is 55.0 Å². The quantitative estimate of drug-likeness (QED) is 0.355. The molecule has 0 unspecified atom stereocenters. The van der Waals surface area contributed by atoms with Crippen LogP contribution < -0.4 is 21.3 Å². The van der Waals surface area contributed by atoms with E-state index in [2.05, 4.69) is 36.2 Å². The fourth-order valence-corrected chi connectivity index (χ4v) is 3.61. The van der Waals surface area contributed by atoms with Crippen LogP contribution in [-0.4, -0.2) is 50.6 Å². The molecule has 1 saturated heterocycles. The molecule has 5 N–H and O–H groups in total. The van der Waals surface area contributed by atoms with Crippen molar-refractivity contribution in [3.63, 3.8) is 0 Å². The lowest BCUT2D eigenvalue weighted by Gasteiger charge is -2.31. The number of rotatable bonds is 7. The second-order valence-corrected chi connectivity index (χ2v) is 7.67. The third-order valence-corrected chi connectivity index (χ3v) is 5.28. The number of hydrogen-bond donors (Lipinski definition) is 5. The molecule has 0 saturated carbocycles. The highest BCUT2D eigenvalue weighted by molar-refractivity contribution is 5.95. The topological polar surface area (TPSA) is 165 Å². The summed E-state index contributed by atoms with van der Waals surface area (Å²) in [7, 11) is 0. The third kappa shape index (κ3) is 5.62. The van der Waals surface area contributed by atoms with E-state index in [1.807, 2.05) is 36.4 Å². The van der Waals surface area contributed by atoms with E-state index >= 15 is 0 Å². The molecular weight excluding hydrogens is 436 g/mol. The number of pyridine rings is 1. The molecule has 0 aliphatic carbocycles. The molecule has 4 rings (SSSR count). The highest BCUT2D eigenvalue weighted by atomic mass is 16.4. The van der Waals surface area contributed by atoms with Gasteiger partial charge in [0, 0.05) is 24.0 Å². The second kappa shape index (κ2) is 10.4. The Bertz CT molecular complexity index is 1210. The zero-order valence-electron chi connectivity index (χ0n) is 18.0. The first-order valence-electron chi connectivity index (χ1n) is 10.6. The summed E-state index contributed by atoms with van der Waals surface area (Å²) in [6, 6.07) is 12.1. The fourth-order valence-electron chi connectivity index (χ4n) is 3.61. The van der Waals surface area contributed by atoms with E-state index in [9.17, 15) is 14.7 Å². The Morgan fingerprint density at radius 3 is 2.59 bits per heavy atom. The van der Waals surface area contributed by atoms with Gasteiger partial charge in [-0.1, -0.05) is 18.2 Å². The van der Waals surface area contributed by atoms with Gasteiger partial charge >= 0.3 is 5.97 Å². The number of nitrogens with one attached hydrogen (secondary N) is 4. The smallest absolute Gasteiger partial charge is 0.339 e. The number of aromatic carboxylic acids is 1. The number of hydrogen-bond acceptors (Lipinski definition) is 9. The van der Waals surface area contributed by atoms with E-state index in [1.165, 1.54) is 18.6 Å². The number of nitriles is 1. The Morgan fingerprint density at radius 1 is 1.09 bits per heavy atom. The van der Waals surface area contributed by atoms with Crippen molar-refractivity contribution in [1.82, 2.24) is 20.3 Å². The van der Waals surface area contributed by atoms with Crippen molar-refractivity contribution in [2.24, 2.45) is 0 Å². The molecule has 1 aliphatic rings. The number of carbonyl (C=O) groups is 2. The zero-order chi connectivity index (χ0) is 23.9. The summed E-state index contributed by atoms with van der Waals surface area (Å²) in [5, 5.41) is 30.8. The van der Waals surface area contributed by atoms with Gasteiger partial charge in [-0.2, -0.15) is 5.26 Å². The Morgan fingerprint density at radius 2 is 1.88 bits per heavy atom. The predicted octanol–water partition coefficient (Wildman–Crippen LogP) is 2.36. The van der Waals surface area contributed by atoms with Gasteiger partial charge in [-0.25, -0.2) is 19.7 Å². The van der Waals surface area contributed by atoms with Crippen molar-refractivity contribution in [2.75, 3.05) is 22.5 Å². The van der Waals surface area contributed by atoms with Gasteiger partial charge in [0.1, 0.15) is 23.3 Å². The summed E-state index contributed by atoms with van der Waals surface area (Å²) in [5.74, 6) is -0.543. The standard InChI is InChI=1S/C23H22N8O3/c24-10-16-11-27-21(13-26-16)31-20-9-18(17(12-28-20)23(33)34)29-15-6-7-25-19(8-15)22(32)30-14-4-2-1-3-5-14/h1-5,9,11-13,15,19,25H,6-8H2,(H,30,32)(H,33,34)(H2,27,28,29,31)/t15-,19-/m0/s1. The molecule has 0 spiro atoms. The van der Waals surface area contributed by atoms with Gasteiger partial charge < -0.3 is 26.4 Å². The van der Waals surface area contributed by atoms with Gasteiger partial charge in [-0.3, -0.25) is 4.79 Å². The van der Waals surface area contributed by atoms with Crippen molar-refractivity contribution in [1.29, 1.82) is 5.26 Å². The number of para-hydroxylation sites is 1. The summed E-state index contributed by atoms with van der Waals surface area (Å²) in [6.45, 7) is 0.601. The summed E-state index contributed by atoms with van der Waals surface area (Å²) in [4.78, 5) is 36.6. The van der Waals surface area contributed by atoms with Crippen molar-refractivity contribution >= 4 is 34.9 Å². The number of amides is 1. The third-order valence-electron chi connectivity index (χ3n) is 5.28. The highest BCUT2D eigenvalue weighted by Crippen LogP contribution is 2.24. The van der Waals surface area contributed by atoms with E-state index in [-0.39, 0.29) is 23.2 Å². The normalized spacial score (nSPS) is 17.3. The monoisotopic (exact) mass is 458 g/mol. The summed E-state index contributed by atoms with van der Waals surface area (Å²) in [6.07, 6.45) is 5.15. The van der Waals surface area contributed by atoms with Crippen molar-refractivity contribution in [3.05, 3.63) is 66.2 Å². The lowest BCUT2D eigenvalue weighted by Crippen LogP contribution is -2.49. The number of nitrogens with zero attached hydrogens (tertiary/aromatic N) is 4. The first kappa shape index (κ1) is 22.6. The summed E-state index contributed by atoms with van der Waals surface area (Å²) in [5.41, 5.74) is 1.29. The van der Waals surface area contributed by atoms with Crippen LogP contribution in [0.3, 0.4) is 0 Å². The summed E-state index contributed by atoms with van der Waals surface area (Å²) >= 11 is 0. The van der Waals surface area contributed by atoms with Crippen LogP contribution in [0.25, 0.3) is 0 Å². The van der Waals surface area contributed by atoms with Gasteiger partial charge in [0.2, 0.25) is 5.91 Å². The largest absolute Gasteiger partial charge is 0.478 e. The molecule has 3 heterocycles. The van der Waals surface area contributed by atoms with Crippen molar-refractivity contribution in [3.8, 4) is 6.07 Å². The van der Waals surface area contributed by atoms with Crippen LogP contribution in [-0.2, 0) is 4.79 Å². The van der Waals surface area contributed by atoms with Crippen LogP contribution in [0, 0.1) is 11.3 Å². The van der Waals surface area contributed by atoms with E-state index in [1.54, 1.807) is 6.07 Å². The lowest BCUT2D eigenvalue weighted by molar-refractivity contribution is -0.118. The van der Waals surface area contributed by atoms with Crippen LogP contribution >= 0.6 is 0 Å². The molecule has 2 aromatic heterocycles. The molecule has 172 valence electrons. The van der Waals surface area contributed by atoms with E-state index < -0.39 is 12.0 Å². The van der Waals surface area contributed by atoms with Gasteiger partial charge in [-0.05, 0) is 31.5 Å². The first-order chi connectivity index (χ1) is 16.5. The molecule has 11 nitrogen and oxygen atoms in total. The van der Waals surface area contributed by atoms with Crippen LogP contribution in [0.2, 0.25) is 0 Å². The van der Waals surface area contributed by atoms with Gasteiger partial charge in [0.15, 0.2) is 5.69 Å². The molecule has 1 aromatic carbocycles. The number of piperidine rings is 1. The molecule has 2 atom stereocenters. The lowest BCUT2D eigenvalue weighted by atomic mass is 9.98. The minimum Gasteiger partial charge on any atom is -0.478 e. The van der Waals surface area contributed by atoms with Crippen molar-refractivity contribution in [2.45, 2.75) is 24.9 Å². The Balaban J connectivity index is 1.46. The second-order valence-electron chi connectivity index (χ2n) is 7.67. The zero-order valence-corrected chi connectivity index (χ0v) is 18.0. The number of carboxylic acids is 1. The van der Waals surface area contributed by atoms with Crippen molar-refractivity contribution < 1.29 is 14.7 Å². The van der Waals surface area contributed by atoms with Gasteiger partial charge in [0.25, 0.3) is 0 Å². The molecule has 0 bridgehead atoms. The predicted molar refractivity (Wildman–Crippen MR) is 125 cm³/mol. The van der Waals surface area contributed by atoms with Gasteiger partial charge in [-0.15, -0.1) is 0 Å². The van der Waals surface area contributed by atoms with E-state index in [0.29, 0.717) is 42.4 Å². The molecule has 0 radical (unpaired) electrons. The molecular formula is C23H22N8O3. The molecule has 34 heavy (non-hydrogen) atoms. The fraction of sp³-hybridized carbons (Fsp3) is 0.217. The molecule has 1 amide bonds. The minimum absolute atomic E-state index is 0.0142. The molecule has 1 aliphatic heterocycles.